The Morgan fingerprint density at radius 3 is 2.52 bits per heavy atom. The highest BCUT2D eigenvalue weighted by atomic mass is 15.1. The number of hydrogen-bond acceptors (Lipinski definition) is 1. The van der Waals surface area contributed by atoms with Crippen LogP contribution in [0.25, 0.3) is 27.6 Å². The van der Waals surface area contributed by atoms with Crippen LogP contribution in [0.5, 0.6) is 0 Å². The summed E-state index contributed by atoms with van der Waals surface area (Å²) in [6.07, 6.45) is 1.90. The molecule has 3 heterocycles. The Kier molecular flexibility index (Phi) is 2.78. The molecule has 0 N–H and O–H groups in total. The highest BCUT2D eigenvalue weighted by Crippen LogP contribution is 2.47. The lowest BCUT2D eigenvalue weighted by Crippen LogP contribution is -2.26. The molecule has 0 radical (unpaired) electrons. The van der Waals surface area contributed by atoms with E-state index in [4.69, 9.17) is 4.98 Å². The van der Waals surface area contributed by atoms with Crippen LogP contribution in [0.2, 0.25) is 0 Å². The fraction of sp³-hybridized carbons (Fsp3) is 0.261. The molecule has 0 amide bonds. The van der Waals surface area contributed by atoms with Crippen molar-refractivity contribution >= 4 is 21.9 Å². The summed E-state index contributed by atoms with van der Waals surface area (Å²) < 4.78 is 2.38. The predicted molar refractivity (Wildman–Crippen MR) is 105 cm³/mol. The minimum absolute atomic E-state index is 0.0191. The maximum Gasteiger partial charge on any atom is 0.145 e. The van der Waals surface area contributed by atoms with Crippen LogP contribution in [0, 0.1) is 0 Å². The van der Waals surface area contributed by atoms with Crippen molar-refractivity contribution in [3.05, 3.63) is 71.4 Å². The molecule has 1 aliphatic rings. The number of para-hydroxylation sites is 1. The van der Waals surface area contributed by atoms with Gasteiger partial charge in [-0.05, 0) is 40.8 Å². The average Bonchev–Trinajstić information content (AvgIpc) is 2.95. The zero-order valence-corrected chi connectivity index (χ0v) is 15.2. The van der Waals surface area contributed by atoms with Crippen molar-refractivity contribution in [3.63, 3.8) is 0 Å². The number of benzene rings is 2. The van der Waals surface area contributed by atoms with Gasteiger partial charge in [0.15, 0.2) is 0 Å². The van der Waals surface area contributed by atoms with E-state index < -0.39 is 0 Å². The lowest BCUT2D eigenvalue weighted by Gasteiger charge is -2.35. The van der Waals surface area contributed by atoms with Crippen molar-refractivity contribution in [2.45, 2.75) is 39.0 Å². The Bertz CT molecular complexity index is 1150. The van der Waals surface area contributed by atoms with Gasteiger partial charge in [-0.2, -0.15) is 0 Å². The van der Waals surface area contributed by atoms with Crippen LogP contribution in [-0.4, -0.2) is 9.55 Å². The molecule has 0 atom stereocenters. The zero-order valence-electron chi connectivity index (χ0n) is 15.2. The van der Waals surface area contributed by atoms with Crippen molar-refractivity contribution in [2.24, 2.45) is 0 Å². The van der Waals surface area contributed by atoms with E-state index in [2.05, 4.69) is 74.7 Å². The topological polar surface area (TPSA) is 17.8 Å². The molecule has 0 fully saturated rings. The number of nitrogens with zero attached hydrogens (tertiary/aromatic N) is 2. The predicted octanol–water partition coefficient (Wildman–Crippen LogP) is 5.94. The first-order valence-corrected chi connectivity index (χ1v) is 9.03. The summed E-state index contributed by atoms with van der Waals surface area (Å²) in [7, 11) is 0. The second-order valence-corrected chi connectivity index (χ2v) is 7.97. The van der Waals surface area contributed by atoms with Crippen LogP contribution in [0.3, 0.4) is 0 Å². The molecule has 25 heavy (non-hydrogen) atoms. The third kappa shape index (κ3) is 1.77. The van der Waals surface area contributed by atoms with Crippen LogP contribution < -0.4 is 0 Å². The zero-order chi connectivity index (χ0) is 17.3. The van der Waals surface area contributed by atoms with Crippen LogP contribution in [0.15, 0.2) is 54.7 Å². The highest BCUT2D eigenvalue weighted by molar-refractivity contribution is 6.10. The summed E-state index contributed by atoms with van der Waals surface area (Å²) in [5.41, 5.74) is 7.77. The van der Waals surface area contributed by atoms with E-state index in [-0.39, 0.29) is 5.41 Å². The van der Waals surface area contributed by atoms with Gasteiger partial charge in [0.1, 0.15) is 5.65 Å². The van der Waals surface area contributed by atoms with Crippen LogP contribution in [0.1, 0.15) is 50.3 Å². The Balaban J connectivity index is 2.05. The second kappa shape index (κ2) is 4.72. The van der Waals surface area contributed by atoms with Gasteiger partial charge in [-0.25, -0.2) is 4.98 Å². The standard InChI is InChI=1S/C23H22N2/c1-14(2)15-10-11-18-20(13-15)25-21-16(17-8-6-12-24-22(17)25)7-5-9-19(21)23(18,3)4/h5-14H,1-4H3. The number of hydrogen-bond donors (Lipinski definition) is 0. The molecular formula is C23H22N2. The first kappa shape index (κ1) is 14.7. The van der Waals surface area contributed by atoms with Gasteiger partial charge in [0.25, 0.3) is 0 Å². The van der Waals surface area contributed by atoms with Gasteiger partial charge in [-0.3, -0.25) is 4.57 Å². The largest absolute Gasteiger partial charge is 0.293 e. The molecule has 0 bridgehead atoms. The summed E-state index contributed by atoms with van der Waals surface area (Å²) in [6.45, 7) is 9.19. The molecule has 0 saturated carbocycles. The number of aromatic nitrogens is 2. The normalized spacial score (nSPS) is 15.1. The van der Waals surface area contributed by atoms with E-state index in [0.717, 1.165) is 5.65 Å². The van der Waals surface area contributed by atoms with Gasteiger partial charge >= 0.3 is 0 Å². The van der Waals surface area contributed by atoms with E-state index in [1.807, 2.05) is 12.3 Å². The molecule has 0 aliphatic carbocycles. The third-order valence-corrected chi connectivity index (χ3v) is 5.82. The van der Waals surface area contributed by atoms with E-state index in [1.54, 1.807) is 0 Å². The molecule has 0 unspecified atom stereocenters. The Morgan fingerprint density at radius 2 is 1.72 bits per heavy atom. The monoisotopic (exact) mass is 326 g/mol. The molecule has 0 saturated heterocycles. The van der Waals surface area contributed by atoms with Crippen LogP contribution >= 0.6 is 0 Å². The van der Waals surface area contributed by atoms with Gasteiger partial charge in [0, 0.05) is 22.4 Å². The Hall–Kier alpha value is -2.61. The van der Waals surface area contributed by atoms with Crippen LogP contribution in [-0.2, 0) is 5.41 Å². The molecule has 2 heteroatoms. The van der Waals surface area contributed by atoms with Gasteiger partial charge in [0.05, 0.1) is 11.2 Å². The molecular weight excluding hydrogens is 304 g/mol. The maximum atomic E-state index is 4.75. The smallest absolute Gasteiger partial charge is 0.145 e. The second-order valence-electron chi connectivity index (χ2n) is 7.97. The average molecular weight is 326 g/mol. The van der Waals surface area contributed by atoms with Crippen molar-refractivity contribution in [3.8, 4) is 5.69 Å². The minimum Gasteiger partial charge on any atom is -0.293 e. The summed E-state index contributed by atoms with van der Waals surface area (Å²) >= 11 is 0. The number of fused-ring (bicyclic) bond motifs is 5. The summed E-state index contributed by atoms with van der Waals surface area (Å²) in [5, 5.41) is 2.53. The first-order valence-electron chi connectivity index (χ1n) is 9.03. The Labute approximate surface area is 148 Å². The van der Waals surface area contributed by atoms with Gasteiger partial charge in [-0.15, -0.1) is 0 Å². The SMILES string of the molecule is CC(C)c1ccc2c(c1)-n1c3ncccc3c3cccc(c31)C2(C)C. The molecule has 5 rings (SSSR count). The number of pyridine rings is 1. The molecule has 2 aromatic heterocycles. The van der Waals surface area contributed by atoms with Crippen LogP contribution in [0.4, 0.5) is 0 Å². The maximum absolute atomic E-state index is 4.75. The summed E-state index contributed by atoms with van der Waals surface area (Å²) in [6, 6.07) is 17.9. The van der Waals surface area contributed by atoms with Gasteiger partial charge < -0.3 is 0 Å². The van der Waals surface area contributed by atoms with Gasteiger partial charge in [0.2, 0.25) is 0 Å². The van der Waals surface area contributed by atoms with Crippen molar-refractivity contribution in [1.82, 2.24) is 9.55 Å². The van der Waals surface area contributed by atoms with E-state index >= 15 is 0 Å². The Morgan fingerprint density at radius 1 is 0.920 bits per heavy atom. The molecule has 124 valence electrons. The minimum atomic E-state index is -0.0191. The lowest BCUT2D eigenvalue weighted by atomic mass is 9.74. The molecule has 2 nitrogen and oxygen atoms in total. The summed E-state index contributed by atoms with van der Waals surface area (Å²) in [4.78, 5) is 4.75. The van der Waals surface area contributed by atoms with E-state index in [1.165, 1.54) is 38.7 Å². The first-order chi connectivity index (χ1) is 12.0. The van der Waals surface area contributed by atoms with E-state index in [0.29, 0.717) is 5.92 Å². The number of rotatable bonds is 1. The summed E-state index contributed by atoms with van der Waals surface area (Å²) in [5.74, 6) is 0.510. The fourth-order valence-corrected chi connectivity index (χ4v) is 4.40. The third-order valence-electron chi connectivity index (χ3n) is 5.82. The van der Waals surface area contributed by atoms with Gasteiger partial charge in [-0.1, -0.05) is 58.0 Å². The van der Waals surface area contributed by atoms with E-state index in [9.17, 15) is 0 Å². The highest BCUT2D eigenvalue weighted by Gasteiger charge is 2.35. The van der Waals surface area contributed by atoms with Crippen molar-refractivity contribution < 1.29 is 0 Å². The quantitative estimate of drug-likeness (QED) is 0.423. The van der Waals surface area contributed by atoms with Crippen molar-refractivity contribution in [2.75, 3.05) is 0 Å². The fourth-order valence-electron chi connectivity index (χ4n) is 4.40. The lowest BCUT2D eigenvalue weighted by molar-refractivity contribution is 0.628. The van der Waals surface area contributed by atoms with Crippen molar-refractivity contribution in [1.29, 1.82) is 0 Å². The molecule has 4 aromatic rings. The molecule has 0 spiro atoms. The molecule has 2 aromatic carbocycles. The molecule has 1 aliphatic heterocycles.